The quantitative estimate of drug-likeness (QED) is 0.321. The van der Waals surface area contributed by atoms with Crippen LogP contribution < -0.4 is 0 Å². The average Bonchev–Trinajstić information content (AvgIpc) is 2.19. The molecule has 0 atom stereocenters. The highest BCUT2D eigenvalue weighted by Crippen LogP contribution is 2.22. The van der Waals surface area contributed by atoms with Crippen LogP contribution in [0.1, 0.15) is 0 Å². The summed E-state index contributed by atoms with van der Waals surface area (Å²) in [6.07, 6.45) is 2.57. The third kappa shape index (κ3) is 9.19. The first kappa shape index (κ1) is 13.1. The van der Waals surface area contributed by atoms with Gasteiger partial charge in [-0.25, -0.2) is 0 Å². The van der Waals surface area contributed by atoms with Crippen molar-refractivity contribution in [1.29, 1.82) is 0 Å². The predicted molar refractivity (Wildman–Crippen MR) is 51.8 cm³/mol. The third-order valence-electron chi connectivity index (χ3n) is 1.03. The van der Waals surface area contributed by atoms with Crippen LogP contribution in [0.3, 0.4) is 0 Å². The maximum atomic E-state index is 10.9. The number of ether oxygens (including phenoxy) is 2. The monoisotopic (exact) mass is 221 g/mol. The molecule has 0 saturated carbocycles. The first-order valence-electron chi connectivity index (χ1n) is 3.99. The average molecular weight is 221 g/mol. The summed E-state index contributed by atoms with van der Waals surface area (Å²) in [5.41, 5.74) is 0. The summed E-state index contributed by atoms with van der Waals surface area (Å²) in [5.74, 6) is 0. The summed E-state index contributed by atoms with van der Waals surface area (Å²) >= 11 is 0. The Morgan fingerprint density at radius 2 is 1.36 bits per heavy atom. The van der Waals surface area contributed by atoms with Crippen molar-refractivity contribution in [2.24, 2.45) is 0 Å². The van der Waals surface area contributed by atoms with Crippen LogP contribution in [-0.2, 0) is 23.1 Å². The van der Waals surface area contributed by atoms with Crippen LogP contribution in [0.5, 0.6) is 0 Å². The maximum absolute atomic E-state index is 10.9. The van der Waals surface area contributed by atoms with Gasteiger partial charge >= 0.3 is 8.25 Å². The van der Waals surface area contributed by atoms with Crippen LogP contribution >= 0.6 is 8.25 Å². The molecule has 80 valence electrons. The molecule has 0 aliphatic heterocycles. The molecule has 6 heteroatoms. The van der Waals surface area contributed by atoms with Crippen LogP contribution in [0.25, 0.3) is 0 Å². The van der Waals surface area contributed by atoms with Gasteiger partial charge in [0, 0.05) is 4.57 Å². The van der Waals surface area contributed by atoms with E-state index in [1.165, 1.54) is 12.5 Å². The molecule has 0 aliphatic rings. The molecule has 0 aromatic heterocycles. The minimum atomic E-state index is -2.09. The van der Waals surface area contributed by atoms with E-state index < -0.39 is 8.25 Å². The van der Waals surface area contributed by atoms with Crippen molar-refractivity contribution < 1.29 is 23.1 Å². The van der Waals surface area contributed by atoms with Gasteiger partial charge in [-0.05, 0) is 0 Å². The van der Waals surface area contributed by atoms with Gasteiger partial charge in [0.1, 0.15) is 26.4 Å². The summed E-state index contributed by atoms with van der Waals surface area (Å²) in [7, 11) is -2.09. The van der Waals surface area contributed by atoms with Gasteiger partial charge in [0.2, 0.25) is 0 Å². The van der Waals surface area contributed by atoms with Crippen molar-refractivity contribution >= 4 is 8.25 Å². The SMILES string of the molecule is C=COCCO[P+](=O)OCCOC=C. The van der Waals surface area contributed by atoms with E-state index in [1.807, 2.05) is 0 Å². The van der Waals surface area contributed by atoms with Crippen LogP contribution in [-0.4, -0.2) is 26.4 Å². The Balaban J connectivity index is 3.19. The van der Waals surface area contributed by atoms with E-state index in [0.29, 0.717) is 13.2 Å². The van der Waals surface area contributed by atoms with E-state index in [4.69, 9.17) is 18.5 Å². The van der Waals surface area contributed by atoms with E-state index in [2.05, 4.69) is 13.2 Å². The fraction of sp³-hybridized carbons (Fsp3) is 0.500. The molecule has 0 aromatic carbocycles. The van der Waals surface area contributed by atoms with Gasteiger partial charge in [0.25, 0.3) is 0 Å². The van der Waals surface area contributed by atoms with E-state index in [-0.39, 0.29) is 13.2 Å². The topological polar surface area (TPSA) is 54.0 Å². The largest absolute Gasteiger partial charge is 0.697 e. The summed E-state index contributed by atoms with van der Waals surface area (Å²) in [5, 5.41) is 0. The second kappa shape index (κ2) is 10.2. The van der Waals surface area contributed by atoms with Crippen molar-refractivity contribution in [2.75, 3.05) is 26.4 Å². The fourth-order valence-corrected chi connectivity index (χ4v) is 1.05. The van der Waals surface area contributed by atoms with Gasteiger partial charge in [-0.1, -0.05) is 13.2 Å². The molecular weight excluding hydrogens is 207 g/mol. The Kier molecular flexibility index (Phi) is 9.53. The van der Waals surface area contributed by atoms with Gasteiger partial charge in [-0.15, -0.1) is 9.05 Å². The second-order valence-corrected chi connectivity index (χ2v) is 2.93. The van der Waals surface area contributed by atoms with Crippen molar-refractivity contribution in [1.82, 2.24) is 0 Å². The van der Waals surface area contributed by atoms with E-state index in [0.717, 1.165) is 0 Å². The molecule has 0 bridgehead atoms. The highest BCUT2D eigenvalue weighted by atomic mass is 31.1. The molecule has 0 unspecified atom stereocenters. The lowest BCUT2D eigenvalue weighted by Crippen LogP contribution is -1.99. The molecule has 0 amide bonds. The van der Waals surface area contributed by atoms with Gasteiger partial charge < -0.3 is 9.47 Å². The zero-order valence-corrected chi connectivity index (χ0v) is 8.78. The summed E-state index contributed by atoms with van der Waals surface area (Å²) < 4.78 is 29.9. The third-order valence-corrected chi connectivity index (χ3v) is 1.82. The highest BCUT2D eigenvalue weighted by molar-refractivity contribution is 7.33. The molecule has 0 radical (unpaired) electrons. The smallest absolute Gasteiger partial charge is 0.499 e. The van der Waals surface area contributed by atoms with Crippen LogP contribution in [0, 0.1) is 0 Å². The normalized spacial score (nSPS) is 9.14. The van der Waals surface area contributed by atoms with Crippen LogP contribution in [0.15, 0.2) is 25.7 Å². The van der Waals surface area contributed by atoms with Gasteiger partial charge in [0.05, 0.1) is 12.5 Å². The lowest BCUT2D eigenvalue weighted by atomic mass is 10.8. The fourth-order valence-electron chi connectivity index (χ4n) is 0.524. The first-order chi connectivity index (χ1) is 6.81. The van der Waals surface area contributed by atoms with Gasteiger partial charge in [-0.3, -0.25) is 0 Å². The molecule has 0 saturated heterocycles. The van der Waals surface area contributed by atoms with E-state index in [9.17, 15) is 4.57 Å². The molecule has 0 aliphatic carbocycles. The standard InChI is InChI=1S/C8H14O5P/c1-3-10-5-7-12-14(9)13-8-6-11-4-2/h3-4H,1-2,5-8H2/q+1. The molecule has 0 rings (SSSR count). The van der Waals surface area contributed by atoms with Crippen molar-refractivity contribution in [3.05, 3.63) is 25.7 Å². The summed E-state index contributed by atoms with van der Waals surface area (Å²) in [6.45, 7) is 7.68. The molecule has 0 fully saturated rings. The number of hydrogen-bond acceptors (Lipinski definition) is 5. The first-order valence-corrected chi connectivity index (χ1v) is 5.09. The Morgan fingerprint density at radius 3 is 1.71 bits per heavy atom. The van der Waals surface area contributed by atoms with Crippen molar-refractivity contribution in [3.8, 4) is 0 Å². The summed E-state index contributed by atoms with van der Waals surface area (Å²) in [6, 6.07) is 0. The van der Waals surface area contributed by atoms with E-state index >= 15 is 0 Å². The Hall–Kier alpha value is -0.900. The maximum Gasteiger partial charge on any atom is 0.697 e. The van der Waals surface area contributed by atoms with Crippen LogP contribution in [0.4, 0.5) is 0 Å². The lowest BCUT2D eigenvalue weighted by Gasteiger charge is -1.95. The van der Waals surface area contributed by atoms with Crippen molar-refractivity contribution in [2.45, 2.75) is 0 Å². The molecule has 5 nitrogen and oxygen atoms in total. The van der Waals surface area contributed by atoms with Gasteiger partial charge in [0.15, 0.2) is 0 Å². The Bertz CT molecular complexity index is 165. The lowest BCUT2D eigenvalue weighted by molar-refractivity contribution is 0.140. The van der Waals surface area contributed by atoms with Gasteiger partial charge in [-0.2, -0.15) is 0 Å². The zero-order chi connectivity index (χ0) is 10.6. The number of rotatable bonds is 10. The second-order valence-electron chi connectivity index (χ2n) is 1.96. The minimum Gasteiger partial charge on any atom is -0.499 e. The number of hydrogen-bond donors (Lipinski definition) is 0. The Labute approximate surface area is 84.2 Å². The summed E-state index contributed by atoms with van der Waals surface area (Å²) in [4.78, 5) is 0. The molecule has 0 aromatic rings. The predicted octanol–water partition coefficient (Wildman–Crippen LogP) is 2.00. The Morgan fingerprint density at radius 1 is 0.929 bits per heavy atom. The molecular formula is C8H14O5P+. The zero-order valence-electron chi connectivity index (χ0n) is 7.89. The molecule has 14 heavy (non-hydrogen) atoms. The highest BCUT2D eigenvalue weighted by Gasteiger charge is 2.19. The van der Waals surface area contributed by atoms with E-state index in [1.54, 1.807) is 0 Å². The molecule has 0 spiro atoms. The minimum absolute atomic E-state index is 0.198. The van der Waals surface area contributed by atoms with Crippen molar-refractivity contribution in [3.63, 3.8) is 0 Å². The molecule has 0 N–H and O–H groups in total. The molecule has 0 heterocycles. The van der Waals surface area contributed by atoms with Crippen LogP contribution in [0.2, 0.25) is 0 Å².